The van der Waals surface area contributed by atoms with Crippen molar-refractivity contribution in [3.8, 4) is 0 Å². The van der Waals surface area contributed by atoms with Crippen LogP contribution in [-0.4, -0.2) is 37.0 Å². The Morgan fingerprint density at radius 3 is 3.00 bits per heavy atom. The zero-order valence-electron chi connectivity index (χ0n) is 8.68. The predicted octanol–water partition coefficient (Wildman–Crippen LogP) is 0.0386. The maximum Gasteiger partial charge on any atom is 0.178 e. The molecule has 1 saturated heterocycles. The number of rotatable bonds is 3. The molecule has 1 aliphatic heterocycles. The van der Waals surface area contributed by atoms with E-state index in [9.17, 15) is 8.42 Å². The minimum Gasteiger partial charge on any atom is -0.312 e. The van der Waals surface area contributed by atoms with Crippen LogP contribution < -0.4 is 5.32 Å². The second-order valence-corrected chi connectivity index (χ2v) is 5.98. The van der Waals surface area contributed by atoms with Gasteiger partial charge in [0.2, 0.25) is 0 Å². The van der Waals surface area contributed by atoms with Gasteiger partial charge >= 0.3 is 0 Å². The lowest BCUT2D eigenvalue weighted by molar-refractivity contribution is 0.475. The lowest BCUT2D eigenvalue weighted by atomic mass is 10.2. The van der Waals surface area contributed by atoms with Gasteiger partial charge in [0.1, 0.15) is 4.90 Å². The highest BCUT2D eigenvalue weighted by atomic mass is 32.2. The lowest BCUT2D eigenvalue weighted by Gasteiger charge is -2.09. The first-order valence-electron chi connectivity index (χ1n) is 5.01. The zero-order valence-corrected chi connectivity index (χ0v) is 9.50. The topological polar surface area (TPSA) is 64.0 Å². The van der Waals surface area contributed by atoms with Crippen molar-refractivity contribution in [3.05, 3.63) is 12.4 Å². The summed E-state index contributed by atoms with van der Waals surface area (Å²) in [5.41, 5.74) is 0. The van der Waals surface area contributed by atoms with Gasteiger partial charge < -0.3 is 5.32 Å². The van der Waals surface area contributed by atoms with E-state index in [4.69, 9.17) is 0 Å². The molecular formula is C9H15N3O2S. The maximum absolute atomic E-state index is 11.2. The van der Waals surface area contributed by atoms with Crippen molar-refractivity contribution in [2.75, 3.05) is 12.8 Å². The van der Waals surface area contributed by atoms with Crippen LogP contribution in [0, 0.1) is 0 Å². The lowest BCUT2D eigenvalue weighted by Crippen LogP contribution is -2.26. The van der Waals surface area contributed by atoms with Crippen LogP contribution in [-0.2, 0) is 16.4 Å². The second kappa shape index (κ2) is 3.94. The second-order valence-electron chi connectivity index (χ2n) is 3.96. The van der Waals surface area contributed by atoms with E-state index in [0.29, 0.717) is 10.9 Å². The average molecular weight is 229 g/mol. The van der Waals surface area contributed by atoms with Gasteiger partial charge in [0.25, 0.3) is 0 Å². The van der Waals surface area contributed by atoms with Crippen LogP contribution in [0.25, 0.3) is 0 Å². The Labute approximate surface area is 89.4 Å². The van der Waals surface area contributed by atoms with Crippen LogP contribution >= 0.6 is 0 Å². The number of hydrogen-bond donors (Lipinski definition) is 1. The minimum atomic E-state index is -3.12. The zero-order chi connectivity index (χ0) is 10.9. The summed E-state index contributed by atoms with van der Waals surface area (Å²) in [5.74, 6) is 0. The molecule has 1 fully saturated rings. The molecule has 0 amide bonds. The van der Waals surface area contributed by atoms with E-state index < -0.39 is 9.84 Å². The van der Waals surface area contributed by atoms with E-state index in [1.165, 1.54) is 18.9 Å². The number of hydrogen-bond acceptors (Lipinski definition) is 4. The average Bonchev–Trinajstić information content (AvgIpc) is 2.73. The Hall–Kier alpha value is -0.880. The molecule has 2 rings (SSSR count). The van der Waals surface area contributed by atoms with Crippen LogP contribution in [0.1, 0.15) is 12.8 Å². The summed E-state index contributed by atoms with van der Waals surface area (Å²) in [4.78, 5) is 0.292. The highest BCUT2D eigenvalue weighted by molar-refractivity contribution is 7.90. The predicted molar refractivity (Wildman–Crippen MR) is 56.4 cm³/mol. The summed E-state index contributed by atoms with van der Waals surface area (Å²) < 4.78 is 24.1. The SMILES string of the molecule is CS(=O)(=O)c1cnn(C[C@H]2CCCN2)c1. The van der Waals surface area contributed by atoms with Gasteiger partial charge in [-0.2, -0.15) is 5.10 Å². The summed E-state index contributed by atoms with van der Waals surface area (Å²) in [6.07, 6.45) is 6.51. The van der Waals surface area contributed by atoms with Gasteiger partial charge in [0, 0.05) is 18.5 Å². The Bertz CT molecular complexity index is 432. The van der Waals surface area contributed by atoms with Gasteiger partial charge in [-0.25, -0.2) is 8.42 Å². The molecule has 5 nitrogen and oxygen atoms in total. The highest BCUT2D eigenvalue weighted by Crippen LogP contribution is 2.10. The molecule has 0 aromatic carbocycles. The highest BCUT2D eigenvalue weighted by Gasteiger charge is 2.16. The van der Waals surface area contributed by atoms with Crippen molar-refractivity contribution in [3.63, 3.8) is 0 Å². The summed E-state index contributed by atoms with van der Waals surface area (Å²) in [5, 5.41) is 7.39. The van der Waals surface area contributed by atoms with Gasteiger partial charge in [-0.3, -0.25) is 4.68 Å². The third-order valence-electron chi connectivity index (χ3n) is 2.61. The smallest absolute Gasteiger partial charge is 0.178 e. The van der Waals surface area contributed by atoms with Crippen molar-refractivity contribution in [2.45, 2.75) is 30.3 Å². The van der Waals surface area contributed by atoms with Crippen LogP contribution in [0.5, 0.6) is 0 Å². The summed E-state index contributed by atoms with van der Waals surface area (Å²) in [6, 6.07) is 0.428. The molecule has 0 aliphatic carbocycles. The van der Waals surface area contributed by atoms with E-state index in [0.717, 1.165) is 19.5 Å². The van der Waals surface area contributed by atoms with Gasteiger partial charge in [0.15, 0.2) is 9.84 Å². The molecule has 1 atom stereocenters. The molecule has 6 heteroatoms. The molecule has 1 aromatic rings. The first kappa shape index (κ1) is 10.6. The van der Waals surface area contributed by atoms with Crippen molar-refractivity contribution in [2.24, 2.45) is 0 Å². The van der Waals surface area contributed by atoms with E-state index in [2.05, 4.69) is 10.4 Å². The van der Waals surface area contributed by atoms with Crippen molar-refractivity contribution in [1.82, 2.24) is 15.1 Å². The standard InChI is InChI=1S/C9H15N3O2S/c1-15(13,14)9-5-11-12(7-9)6-8-3-2-4-10-8/h5,7-8,10H,2-4,6H2,1H3/t8-/m1/s1. The summed E-state index contributed by atoms with van der Waals surface area (Å²) in [7, 11) is -3.12. The van der Waals surface area contributed by atoms with Crippen LogP contribution in [0.2, 0.25) is 0 Å². The molecular weight excluding hydrogens is 214 g/mol. The number of nitrogens with one attached hydrogen (secondary N) is 1. The largest absolute Gasteiger partial charge is 0.312 e. The maximum atomic E-state index is 11.2. The van der Waals surface area contributed by atoms with E-state index in [-0.39, 0.29) is 0 Å². The molecule has 1 N–H and O–H groups in total. The normalized spacial score (nSPS) is 22.1. The minimum absolute atomic E-state index is 0.292. The first-order valence-corrected chi connectivity index (χ1v) is 6.91. The Morgan fingerprint density at radius 2 is 2.47 bits per heavy atom. The van der Waals surface area contributed by atoms with Crippen molar-refractivity contribution >= 4 is 9.84 Å². The molecule has 84 valence electrons. The monoisotopic (exact) mass is 229 g/mol. The Morgan fingerprint density at radius 1 is 1.67 bits per heavy atom. The van der Waals surface area contributed by atoms with E-state index in [1.54, 1.807) is 10.9 Å². The number of sulfone groups is 1. The first-order chi connectivity index (χ1) is 7.05. The molecule has 2 heterocycles. The number of aromatic nitrogens is 2. The van der Waals surface area contributed by atoms with E-state index in [1.807, 2.05) is 0 Å². The quantitative estimate of drug-likeness (QED) is 0.794. The number of nitrogens with zero attached hydrogens (tertiary/aromatic N) is 2. The van der Waals surface area contributed by atoms with E-state index >= 15 is 0 Å². The summed E-state index contributed by atoms with van der Waals surface area (Å²) in [6.45, 7) is 1.79. The van der Waals surface area contributed by atoms with Crippen molar-refractivity contribution < 1.29 is 8.42 Å². The molecule has 15 heavy (non-hydrogen) atoms. The van der Waals surface area contributed by atoms with Gasteiger partial charge in [-0.05, 0) is 19.4 Å². The van der Waals surface area contributed by atoms with Crippen LogP contribution in [0.3, 0.4) is 0 Å². The fourth-order valence-corrected chi connectivity index (χ4v) is 2.33. The van der Waals surface area contributed by atoms with Crippen molar-refractivity contribution in [1.29, 1.82) is 0 Å². The Balaban J connectivity index is 2.07. The fourth-order valence-electron chi connectivity index (χ4n) is 1.77. The third kappa shape index (κ3) is 2.57. The molecule has 0 radical (unpaired) electrons. The van der Waals surface area contributed by atoms with Crippen LogP contribution in [0.15, 0.2) is 17.3 Å². The van der Waals surface area contributed by atoms with Crippen LogP contribution in [0.4, 0.5) is 0 Å². The van der Waals surface area contributed by atoms with Gasteiger partial charge in [-0.15, -0.1) is 0 Å². The molecule has 1 aromatic heterocycles. The fraction of sp³-hybridized carbons (Fsp3) is 0.667. The molecule has 0 unspecified atom stereocenters. The van der Waals surface area contributed by atoms with Gasteiger partial charge in [-0.1, -0.05) is 0 Å². The molecule has 0 saturated carbocycles. The summed E-state index contributed by atoms with van der Waals surface area (Å²) >= 11 is 0. The molecule has 1 aliphatic rings. The molecule has 0 bridgehead atoms. The Kier molecular flexibility index (Phi) is 2.79. The third-order valence-corrected chi connectivity index (χ3v) is 3.67. The van der Waals surface area contributed by atoms with Gasteiger partial charge in [0.05, 0.1) is 12.7 Å². The molecule has 0 spiro atoms.